The number of benzene rings is 1. The second kappa shape index (κ2) is 5.70. The van der Waals surface area contributed by atoms with E-state index in [-0.39, 0.29) is 5.69 Å². The summed E-state index contributed by atoms with van der Waals surface area (Å²) in [5.41, 5.74) is 1.13. The maximum absolute atomic E-state index is 11.8. The van der Waals surface area contributed by atoms with Crippen molar-refractivity contribution in [2.75, 3.05) is 6.54 Å². The van der Waals surface area contributed by atoms with Gasteiger partial charge in [-0.15, -0.1) is 5.10 Å². The van der Waals surface area contributed by atoms with E-state index in [1.165, 1.54) is 4.68 Å². The first-order chi connectivity index (χ1) is 9.50. The van der Waals surface area contributed by atoms with Crippen molar-refractivity contribution in [3.63, 3.8) is 0 Å². The predicted octanol–water partition coefficient (Wildman–Crippen LogP) is 1.04. The summed E-state index contributed by atoms with van der Waals surface area (Å²) in [5, 5.41) is 18.9. The molecule has 1 aromatic heterocycles. The van der Waals surface area contributed by atoms with E-state index in [1.54, 1.807) is 31.2 Å². The molecule has 0 spiro atoms. The molecule has 0 unspecified atom stereocenters. The minimum atomic E-state index is -1.13. The van der Waals surface area contributed by atoms with Crippen molar-refractivity contribution in [3.8, 4) is 5.69 Å². The van der Waals surface area contributed by atoms with Gasteiger partial charge in [-0.3, -0.25) is 9.59 Å². The van der Waals surface area contributed by atoms with Gasteiger partial charge in [-0.05, 0) is 19.1 Å². The molecule has 8 heteroatoms. The van der Waals surface area contributed by atoms with E-state index >= 15 is 0 Å². The Kier molecular flexibility index (Phi) is 3.99. The fourth-order valence-electron chi connectivity index (χ4n) is 1.63. The molecule has 1 amide bonds. The third-order valence-electron chi connectivity index (χ3n) is 2.59. The molecule has 0 saturated carbocycles. The van der Waals surface area contributed by atoms with Crippen LogP contribution in [0.25, 0.3) is 5.69 Å². The van der Waals surface area contributed by atoms with Gasteiger partial charge >= 0.3 is 5.97 Å². The second-order valence-corrected chi connectivity index (χ2v) is 4.37. The van der Waals surface area contributed by atoms with Crippen molar-refractivity contribution >= 4 is 23.5 Å². The zero-order valence-corrected chi connectivity index (χ0v) is 11.3. The van der Waals surface area contributed by atoms with Crippen LogP contribution < -0.4 is 5.32 Å². The molecule has 0 aliphatic carbocycles. The summed E-state index contributed by atoms with van der Waals surface area (Å²) in [6.07, 6.45) is 0. The van der Waals surface area contributed by atoms with Gasteiger partial charge in [0.05, 0.1) is 16.4 Å². The zero-order chi connectivity index (χ0) is 14.7. The smallest absolute Gasteiger partial charge is 0.322 e. The van der Waals surface area contributed by atoms with Crippen LogP contribution in [0.5, 0.6) is 0 Å². The van der Waals surface area contributed by atoms with Crippen LogP contribution in [-0.4, -0.2) is 38.5 Å². The van der Waals surface area contributed by atoms with E-state index in [4.69, 9.17) is 16.7 Å². The lowest BCUT2D eigenvalue weighted by molar-refractivity contribution is -0.135. The minimum absolute atomic E-state index is 0.0613. The van der Waals surface area contributed by atoms with Crippen molar-refractivity contribution in [2.45, 2.75) is 6.92 Å². The summed E-state index contributed by atoms with van der Waals surface area (Å²) in [6, 6.07) is 7.00. The molecule has 0 bridgehead atoms. The number of carboxylic acid groups (broad SMARTS) is 1. The molecular weight excluding hydrogens is 284 g/mol. The standard InChI is InChI=1S/C12H11ClN4O3/c1-7-11(12(20)14-6-10(18)19)15-16-17(7)9-5-3-2-4-8(9)13/h2-5H,6H2,1H3,(H,14,20)(H,18,19). The van der Waals surface area contributed by atoms with E-state index < -0.39 is 18.4 Å². The van der Waals surface area contributed by atoms with Gasteiger partial charge in [0.25, 0.3) is 5.91 Å². The topological polar surface area (TPSA) is 97.1 Å². The van der Waals surface area contributed by atoms with E-state index in [2.05, 4.69) is 15.6 Å². The van der Waals surface area contributed by atoms with E-state index in [0.29, 0.717) is 16.4 Å². The monoisotopic (exact) mass is 294 g/mol. The van der Waals surface area contributed by atoms with Crippen LogP contribution >= 0.6 is 11.6 Å². The molecule has 2 rings (SSSR count). The van der Waals surface area contributed by atoms with Crippen LogP contribution in [0.15, 0.2) is 24.3 Å². The fraction of sp³-hybridized carbons (Fsp3) is 0.167. The highest BCUT2D eigenvalue weighted by atomic mass is 35.5. The first-order valence-electron chi connectivity index (χ1n) is 5.68. The molecule has 7 nitrogen and oxygen atoms in total. The van der Waals surface area contributed by atoms with Crippen molar-refractivity contribution in [1.29, 1.82) is 0 Å². The number of aromatic nitrogens is 3. The highest BCUT2D eigenvalue weighted by molar-refractivity contribution is 6.32. The molecular formula is C12H11ClN4O3. The predicted molar refractivity (Wildman–Crippen MR) is 71.1 cm³/mol. The van der Waals surface area contributed by atoms with Crippen molar-refractivity contribution in [1.82, 2.24) is 20.3 Å². The van der Waals surface area contributed by atoms with Crippen LogP contribution in [0.2, 0.25) is 5.02 Å². The number of hydrogen-bond acceptors (Lipinski definition) is 4. The number of para-hydroxylation sites is 1. The Labute approximate surface area is 119 Å². The lowest BCUT2D eigenvalue weighted by atomic mass is 10.3. The quantitative estimate of drug-likeness (QED) is 0.878. The van der Waals surface area contributed by atoms with Crippen molar-refractivity contribution in [3.05, 3.63) is 40.7 Å². The number of amides is 1. The number of carbonyl (C=O) groups excluding carboxylic acids is 1. The molecule has 0 fully saturated rings. The Balaban J connectivity index is 2.30. The van der Waals surface area contributed by atoms with Gasteiger partial charge in [0.1, 0.15) is 6.54 Å². The van der Waals surface area contributed by atoms with E-state index in [9.17, 15) is 9.59 Å². The number of carboxylic acids is 1. The Morgan fingerprint density at radius 3 is 2.75 bits per heavy atom. The normalized spacial score (nSPS) is 10.3. The minimum Gasteiger partial charge on any atom is -0.480 e. The molecule has 1 aromatic carbocycles. The van der Waals surface area contributed by atoms with E-state index in [0.717, 1.165) is 0 Å². The first-order valence-corrected chi connectivity index (χ1v) is 6.05. The van der Waals surface area contributed by atoms with Crippen molar-refractivity contribution < 1.29 is 14.7 Å². The Morgan fingerprint density at radius 2 is 2.10 bits per heavy atom. The maximum atomic E-state index is 11.8. The van der Waals surface area contributed by atoms with Crippen LogP contribution in [0.3, 0.4) is 0 Å². The molecule has 2 N–H and O–H groups in total. The third kappa shape index (κ3) is 2.77. The molecule has 0 radical (unpaired) electrons. The van der Waals surface area contributed by atoms with Crippen molar-refractivity contribution in [2.24, 2.45) is 0 Å². The van der Waals surface area contributed by atoms with Gasteiger partial charge in [-0.1, -0.05) is 28.9 Å². The van der Waals surface area contributed by atoms with Gasteiger partial charge < -0.3 is 10.4 Å². The highest BCUT2D eigenvalue weighted by Gasteiger charge is 2.18. The summed E-state index contributed by atoms with van der Waals surface area (Å²) in [5.74, 6) is -1.72. The lowest BCUT2D eigenvalue weighted by Gasteiger charge is -2.05. The number of hydrogen-bond donors (Lipinski definition) is 2. The summed E-state index contributed by atoms with van der Waals surface area (Å²) in [4.78, 5) is 22.2. The van der Waals surface area contributed by atoms with Gasteiger partial charge in [-0.25, -0.2) is 4.68 Å². The molecule has 0 saturated heterocycles. The van der Waals surface area contributed by atoms with Gasteiger partial charge in [0.15, 0.2) is 5.69 Å². The van der Waals surface area contributed by atoms with Crippen LogP contribution in [0.4, 0.5) is 0 Å². The average Bonchev–Trinajstić information content (AvgIpc) is 2.78. The molecule has 104 valence electrons. The molecule has 20 heavy (non-hydrogen) atoms. The fourth-order valence-corrected chi connectivity index (χ4v) is 1.85. The Hall–Kier alpha value is -2.41. The summed E-state index contributed by atoms with van der Waals surface area (Å²) < 4.78 is 1.43. The number of rotatable bonds is 4. The number of halogens is 1. The zero-order valence-electron chi connectivity index (χ0n) is 10.5. The third-order valence-corrected chi connectivity index (χ3v) is 2.91. The maximum Gasteiger partial charge on any atom is 0.322 e. The van der Waals surface area contributed by atoms with E-state index in [1.807, 2.05) is 0 Å². The molecule has 0 aliphatic rings. The van der Waals surface area contributed by atoms with Gasteiger partial charge in [0.2, 0.25) is 0 Å². The Morgan fingerprint density at radius 1 is 1.40 bits per heavy atom. The Bertz CT molecular complexity index is 668. The number of carbonyl (C=O) groups is 2. The molecule has 0 atom stereocenters. The summed E-state index contributed by atoms with van der Waals surface area (Å²) in [7, 11) is 0. The molecule has 1 heterocycles. The molecule has 0 aliphatic heterocycles. The number of nitrogens with zero attached hydrogens (tertiary/aromatic N) is 3. The molecule has 2 aromatic rings. The summed E-state index contributed by atoms with van der Waals surface area (Å²) >= 11 is 6.06. The average molecular weight is 295 g/mol. The van der Waals surface area contributed by atoms with Gasteiger partial charge in [0, 0.05) is 0 Å². The number of aliphatic carboxylic acids is 1. The number of nitrogens with one attached hydrogen (secondary N) is 1. The van der Waals surface area contributed by atoms with Gasteiger partial charge in [-0.2, -0.15) is 0 Å². The second-order valence-electron chi connectivity index (χ2n) is 3.96. The van der Waals surface area contributed by atoms with Crippen LogP contribution in [-0.2, 0) is 4.79 Å². The van der Waals surface area contributed by atoms with Crippen LogP contribution in [0.1, 0.15) is 16.2 Å². The lowest BCUT2D eigenvalue weighted by Crippen LogP contribution is -2.30. The summed E-state index contributed by atoms with van der Waals surface area (Å²) in [6.45, 7) is 1.18. The first kappa shape index (κ1) is 14.0. The SMILES string of the molecule is Cc1c(C(=O)NCC(=O)O)nnn1-c1ccccc1Cl. The van der Waals surface area contributed by atoms with Crippen LogP contribution in [0, 0.1) is 6.92 Å². The highest BCUT2D eigenvalue weighted by Crippen LogP contribution is 2.20. The largest absolute Gasteiger partial charge is 0.480 e.